The molecule has 3 aliphatic heterocycles. The van der Waals surface area contributed by atoms with Crippen molar-refractivity contribution in [2.45, 2.75) is 75.5 Å². The first kappa shape index (κ1) is 19.5. The lowest BCUT2D eigenvalue weighted by Gasteiger charge is -2.42. The highest BCUT2D eigenvalue weighted by Crippen LogP contribution is 2.40. The van der Waals surface area contributed by atoms with Crippen molar-refractivity contribution >= 4 is 16.1 Å². The summed E-state index contributed by atoms with van der Waals surface area (Å²) in [7, 11) is -3.49. The van der Waals surface area contributed by atoms with Crippen LogP contribution in [0, 0.1) is 0 Å². The van der Waals surface area contributed by atoms with E-state index in [0.29, 0.717) is 31.0 Å². The Labute approximate surface area is 171 Å². The maximum absolute atomic E-state index is 13.3. The molecule has 0 aromatic carbocycles. The Morgan fingerprint density at radius 3 is 2.59 bits per heavy atom. The van der Waals surface area contributed by atoms with E-state index >= 15 is 0 Å². The molecule has 9 nitrogen and oxygen atoms in total. The van der Waals surface area contributed by atoms with Crippen LogP contribution in [0.1, 0.15) is 67.6 Å². The van der Waals surface area contributed by atoms with E-state index in [4.69, 9.17) is 4.52 Å². The summed E-state index contributed by atoms with van der Waals surface area (Å²) in [6.07, 6.45) is 5.24. The Kier molecular flexibility index (Phi) is 4.92. The number of aromatic nitrogens is 1. The SMILES string of the molecule is C[C@H]1C[C@@H](NC(=O)c2cc(C3CC3)on2)CCN1S(=O)(=O)N1C2CCC1CNC2. The van der Waals surface area contributed by atoms with Gasteiger partial charge in [-0.3, -0.25) is 4.79 Å². The molecule has 4 atom stereocenters. The number of hydrogen-bond donors (Lipinski definition) is 2. The smallest absolute Gasteiger partial charge is 0.282 e. The summed E-state index contributed by atoms with van der Waals surface area (Å²) in [5.41, 5.74) is 0.312. The fourth-order valence-corrected chi connectivity index (χ4v) is 7.31. The van der Waals surface area contributed by atoms with E-state index in [0.717, 1.165) is 44.5 Å². The number of hydrogen-bond acceptors (Lipinski definition) is 6. The van der Waals surface area contributed by atoms with E-state index in [1.807, 2.05) is 6.92 Å². The monoisotopic (exact) mass is 423 g/mol. The molecule has 1 saturated carbocycles. The van der Waals surface area contributed by atoms with Crippen molar-refractivity contribution in [1.29, 1.82) is 0 Å². The molecule has 3 saturated heterocycles. The standard InChI is InChI=1S/C19H29N5O4S/c1-12-8-14(21-19(25)17-9-18(28-22-17)13-2-3-13)6-7-23(12)29(26,27)24-15-4-5-16(24)11-20-10-15/h9,12-16,20H,2-8,10-11H2,1H3,(H,21,25)/t12-,14-,15?,16?/m0/s1. The van der Waals surface area contributed by atoms with Crippen LogP contribution in [0.2, 0.25) is 0 Å². The van der Waals surface area contributed by atoms with Gasteiger partial charge in [0.1, 0.15) is 5.76 Å². The van der Waals surface area contributed by atoms with E-state index in [-0.39, 0.29) is 30.1 Å². The van der Waals surface area contributed by atoms with Gasteiger partial charge in [0, 0.05) is 55.8 Å². The summed E-state index contributed by atoms with van der Waals surface area (Å²) >= 11 is 0. The third-order valence-electron chi connectivity index (χ3n) is 6.77. The Hall–Kier alpha value is -1.49. The highest BCUT2D eigenvalue weighted by atomic mass is 32.2. The van der Waals surface area contributed by atoms with E-state index in [9.17, 15) is 13.2 Å². The summed E-state index contributed by atoms with van der Waals surface area (Å²) in [6.45, 7) is 3.82. The number of nitrogens with zero attached hydrogens (tertiary/aromatic N) is 3. The highest BCUT2D eigenvalue weighted by molar-refractivity contribution is 7.86. The molecule has 29 heavy (non-hydrogen) atoms. The third kappa shape index (κ3) is 3.60. The number of piperidine rings is 1. The van der Waals surface area contributed by atoms with Crippen LogP contribution in [0.25, 0.3) is 0 Å². The molecular weight excluding hydrogens is 394 g/mol. The Morgan fingerprint density at radius 2 is 1.93 bits per heavy atom. The number of carbonyl (C=O) groups is 1. The van der Waals surface area contributed by atoms with Crippen molar-refractivity contribution in [3.8, 4) is 0 Å². The van der Waals surface area contributed by atoms with Gasteiger partial charge in [0.05, 0.1) is 0 Å². The maximum Gasteiger partial charge on any atom is 0.282 e. The second-order valence-electron chi connectivity index (χ2n) is 8.92. The highest BCUT2D eigenvalue weighted by Gasteiger charge is 2.48. The zero-order chi connectivity index (χ0) is 20.2. The fraction of sp³-hybridized carbons (Fsp3) is 0.789. The number of carbonyl (C=O) groups excluding carboxylic acids is 1. The molecule has 5 rings (SSSR count). The second-order valence-corrected chi connectivity index (χ2v) is 10.7. The van der Waals surface area contributed by atoms with Gasteiger partial charge in [0.15, 0.2) is 5.69 Å². The molecular formula is C19H29N5O4S. The van der Waals surface area contributed by atoms with Gasteiger partial charge in [-0.1, -0.05) is 5.16 Å². The van der Waals surface area contributed by atoms with Crippen molar-refractivity contribution in [2.75, 3.05) is 19.6 Å². The predicted molar refractivity (Wildman–Crippen MR) is 106 cm³/mol. The molecule has 4 heterocycles. The number of fused-ring (bicyclic) bond motifs is 2. The zero-order valence-electron chi connectivity index (χ0n) is 16.7. The molecule has 1 aliphatic carbocycles. The van der Waals surface area contributed by atoms with Gasteiger partial charge in [-0.05, 0) is 45.4 Å². The lowest BCUT2D eigenvalue weighted by molar-refractivity contribution is 0.0902. The van der Waals surface area contributed by atoms with Gasteiger partial charge in [0.2, 0.25) is 0 Å². The van der Waals surface area contributed by atoms with Crippen molar-refractivity contribution < 1.29 is 17.7 Å². The van der Waals surface area contributed by atoms with Crippen LogP contribution in [0.3, 0.4) is 0 Å². The number of rotatable bonds is 5. The largest absolute Gasteiger partial charge is 0.360 e. The average Bonchev–Trinajstić information content (AvgIpc) is 3.35. The van der Waals surface area contributed by atoms with Crippen LogP contribution in [0.4, 0.5) is 0 Å². The van der Waals surface area contributed by atoms with Gasteiger partial charge in [-0.2, -0.15) is 17.0 Å². The summed E-state index contributed by atoms with van der Waals surface area (Å²) in [5.74, 6) is 0.960. The minimum Gasteiger partial charge on any atom is -0.360 e. The van der Waals surface area contributed by atoms with Crippen molar-refractivity contribution in [2.24, 2.45) is 0 Å². The second kappa shape index (κ2) is 7.33. The summed E-state index contributed by atoms with van der Waals surface area (Å²) in [6, 6.07) is 1.64. The molecule has 2 unspecified atom stereocenters. The van der Waals surface area contributed by atoms with Crippen LogP contribution in [-0.2, 0) is 10.2 Å². The van der Waals surface area contributed by atoms with E-state index in [2.05, 4.69) is 15.8 Å². The normalized spacial score (nSPS) is 33.7. The minimum absolute atomic E-state index is 0.0650. The average molecular weight is 424 g/mol. The molecule has 4 aliphatic rings. The van der Waals surface area contributed by atoms with Crippen LogP contribution >= 0.6 is 0 Å². The molecule has 0 radical (unpaired) electrons. The number of amides is 1. The van der Waals surface area contributed by atoms with Gasteiger partial charge < -0.3 is 15.2 Å². The van der Waals surface area contributed by atoms with Gasteiger partial charge in [-0.25, -0.2) is 0 Å². The van der Waals surface area contributed by atoms with Crippen LogP contribution in [0.5, 0.6) is 0 Å². The molecule has 1 amide bonds. The number of piperazine rings is 1. The van der Waals surface area contributed by atoms with Crippen LogP contribution < -0.4 is 10.6 Å². The van der Waals surface area contributed by atoms with Crippen molar-refractivity contribution in [3.05, 3.63) is 17.5 Å². The van der Waals surface area contributed by atoms with Crippen molar-refractivity contribution in [3.63, 3.8) is 0 Å². The Morgan fingerprint density at radius 1 is 1.21 bits per heavy atom. The molecule has 1 aromatic rings. The lowest BCUT2D eigenvalue weighted by Crippen LogP contribution is -2.61. The molecule has 160 valence electrons. The van der Waals surface area contributed by atoms with Gasteiger partial charge >= 0.3 is 0 Å². The first-order valence-electron chi connectivity index (χ1n) is 10.7. The first-order chi connectivity index (χ1) is 13.9. The minimum atomic E-state index is -3.49. The van der Waals surface area contributed by atoms with Gasteiger partial charge in [-0.15, -0.1) is 0 Å². The van der Waals surface area contributed by atoms with E-state index < -0.39 is 10.2 Å². The summed E-state index contributed by atoms with van der Waals surface area (Å²) < 4.78 is 35.3. The molecule has 4 fully saturated rings. The zero-order valence-corrected chi connectivity index (χ0v) is 17.5. The first-order valence-corrected chi connectivity index (χ1v) is 12.1. The van der Waals surface area contributed by atoms with Crippen molar-refractivity contribution in [1.82, 2.24) is 24.4 Å². The van der Waals surface area contributed by atoms with Crippen LogP contribution in [-0.4, -0.2) is 71.9 Å². The predicted octanol–water partition coefficient (Wildman–Crippen LogP) is 0.816. The quantitative estimate of drug-likeness (QED) is 0.726. The molecule has 2 N–H and O–H groups in total. The fourth-order valence-electron chi connectivity index (χ4n) is 5.08. The maximum atomic E-state index is 13.3. The lowest BCUT2D eigenvalue weighted by atomic mass is 10.0. The Bertz CT molecular complexity index is 867. The molecule has 1 aromatic heterocycles. The number of nitrogens with one attached hydrogen (secondary N) is 2. The third-order valence-corrected chi connectivity index (χ3v) is 9.03. The molecule has 2 bridgehead atoms. The van der Waals surface area contributed by atoms with Crippen LogP contribution in [0.15, 0.2) is 10.6 Å². The van der Waals surface area contributed by atoms with E-state index in [1.165, 1.54) is 0 Å². The molecule has 0 spiro atoms. The summed E-state index contributed by atoms with van der Waals surface area (Å²) in [4.78, 5) is 12.5. The Balaban J connectivity index is 1.21. The topological polar surface area (TPSA) is 108 Å². The summed E-state index contributed by atoms with van der Waals surface area (Å²) in [5, 5.41) is 10.2. The van der Waals surface area contributed by atoms with Gasteiger partial charge in [0.25, 0.3) is 16.1 Å². The molecule has 10 heteroatoms. The van der Waals surface area contributed by atoms with E-state index in [1.54, 1.807) is 14.7 Å².